The molecule has 0 saturated carbocycles. The summed E-state index contributed by atoms with van der Waals surface area (Å²) in [6.07, 6.45) is 6.88. The molecule has 1 saturated heterocycles. The summed E-state index contributed by atoms with van der Waals surface area (Å²) in [7, 11) is 0. The molecule has 1 unspecified atom stereocenters. The van der Waals surface area contributed by atoms with Gasteiger partial charge < -0.3 is 15.1 Å². The van der Waals surface area contributed by atoms with E-state index in [1.807, 2.05) is 6.07 Å². The smallest absolute Gasteiger partial charge is 0.237 e. The monoisotopic (exact) mass is 234 g/mol. The third kappa shape index (κ3) is 2.09. The summed E-state index contributed by atoms with van der Waals surface area (Å²) < 4.78 is 5.43. The van der Waals surface area contributed by atoms with E-state index in [1.54, 1.807) is 6.26 Å². The Labute approximate surface area is 101 Å². The lowest BCUT2D eigenvalue weighted by molar-refractivity contribution is -0.123. The highest BCUT2D eigenvalue weighted by molar-refractivity contribution is 5.82. The van der Waals surface area contributed by atoms with Crippen LogP contribution < -0.4 is 10.6 Å². The van der Waals surface area contributed by atoms with E-state index in [9.17, 15) is 4.79 Å². The van der Waals surface area contributed by atoms with Gasteiger partial charge in [0.2, 0.25) is 5.91 Å². The molecule has 1 aromatic rings. The summed E-state index contributed by atoms with van der Waals surface area (Å²) in [5.74, 6) is 1.18. The molecule has 2 atom stereocenters. The fourth-order valence-electron chi connectivity index (χ4n) is 2.82. The van der Waals surface area contributed by atoms with Gasteiger partial charge in [0.15, 0.2) is 0 Å². The molecular formula is C13H18N2O2. The Morgan fingerprint density at radius 1 is 1.41 bits per heavy atom. The zero-order chi connectivity index (χ0) is 11.7. The van der Waals surface area contributed by atoms with Crippen molar-refractivity contribution in [2.45, 2.75) is 44.2 Å². The van der Waals surface area contributed by atoms with Crippen molar-refractivity contribution in [1.82, 2.24) is 10.6 Å². The number of aryl methyl sites for hydroxylation is 1. The number of hydrogen-bond donors (Lipinski definition) is 2. The van der Waals surface area contributed by atoms with E-state index in [2.05, 4.69) is 10.6 Å². The van der Waals surface area contributed by atoms with Gasteiger partial charge in [0.1, 0.15) is 5.76 Å². The highest BCUT2D eigenvalue weighted by atomic mass is 16.3. The lowest BCUT2D eigenvalue weighted by atomic mass is 9.93. The van der Waals surface area contributed by atoms with Crippen LogP contribution in [0.25, 0.3) is 0 Å². The van der Waals surface area contributed by atoms with E-state index < -0.39 is 0 Å². The van der Waals surface area contributed by atoms with Crippen LogP contribution in [0.5, 0.6) is 0 Å². The fourth-order valence-corrected chi connectivity index (χ4v) is 2.82. The van der Waals surface area contributed by atoms with Crippen LogP contribution in [0.1, 0.15) is 43.0 Å². The van der Waals surface area contributed by atoms with Gasteiger partial charge in [-0.2, -0.15) is 0 Å². The first-order valence-corrected chi connectivity index (χ1v) is 6.44. The summed E-state index contributed by atoms with van der Waals surface area (Å²) in [4.78, 5) is 12.0. The van der Waals surface area contributed by atoms with Gasteiger partial charge in [-0.1, -0.05) is 0 Å². The van der Waals surface area contributed by atoms with Gasteiger partial charge in [-0.25, -0.2) is 0 Å². The molecule has 4 heteroatoms. The number of carbonyl (C=O) groups excluding carboxylic acids is 1. The molecule has 0 radical (unpaired) electrons. The molecule has 3 rings (SSSR count). The number of carbonyl (C=O) groups is 1. The van der Waals surface area contributed by atoms with Crippen LogP contribution in [0.2, 0.25) is 0 Å². The second-order valence-corrected chi connectivity index (χ2v) is 4.90. The average molecular weight is 234 g/mol. The Bertz CT molecular complexity index is 407. The maximum Gasteiger partial charge on any atom is 0.237 e. The van der Waals surface area contributed by atoms with Crippen LogP contribution in [0.4, 0.5) is 0 Å². The van der Waals surface area contributed by atoms with Gasteiger partial charge in [-0.3, -0.25) is 4.79 Å². The maximum atomic E-state index is 12.0. The van der Waals surface area contributed by atoms with E-state index in [0.29, 0.717) is 0 Å². The van der Waals surface area contributed by atoms with Crippen molar-refractivity contribution in [3.63, 3.8) is 0 Å². The number of rotatable bonds is 2. The van der Waals surface area contributed by atoms with Crippen molar-refractivity contribution in [3.8, 4) is 0 Å². The largest absolute Gasteiger partial charge is 0.469 e. The molecule has 1 aromatic heterocycles. The molecule has 1 aliphatic heterocycles. The average Bonchev–Trinajstić information content (AvgIpc) is 3.00. The molecule has 1 amide bonds. The number of furan rings is 1. The van der Waals surface area contributed by atoms with Crippen LogP contribution >= 0.6 is 0 Å². The lowest BCUT2D eigenvalue weighted by Gasteiger charge is -2.24. The summed E-state index contributed by atoms with van der Waals surface area (Å²) in [6, 6.07) is 2.14. The van der Waals surface area contributed by atoms with Gasteiger partial charge >= 0.3 is 0 Å². The summed E-state index contributed by atoms with van der Waals surface area (Å²) in [5, 5.41) is 6.37. The van der Waals surface area contributed by atoms with Crippen LogP contribution in [-0.2, 0) is 11.2 Å². The molecular weight excluding hydrogens is 216 g/mol. The second-order valence-electron chi connectivity index (χ2n) is 4.90. The van der Waals surface area contributed by atoms with Crippen LogP contribution in [0.3, 0.4) is 0 Å². The Balaban J connectivity index is 1.68. The first kappa shape index (κ1) is 10.8. The third-order valence-electron chi connectivity index (χ3n) is 3.75. The third-order valence-corrected chi connectivity index (χ3v) is 3.75. The van der Waals surface area contributed by atoms with Gasteiger partial charge in [-0.05, 0) is 38.3 Å². The zero-order valence-corrected chi connectivity index (χ0v) is 9.87. The highest BCUT2D eigenvalue weighted by Crippen LogP contribution is 2.30. The normalized spacial score (nSPS) is 27.8. The molecule has 2 heterocycles. The summed E-state index contributed by atoms with van der Waals surface area (Å²) >= 11 is 0. The molecule has 1 fully saturated rings. The van der Waals surface area contributed by atoms with Gasteiger partial charge in [0.05, 0.1) is 18.3 Å². The predicted octanol–water partition coefficient (Wildman–Crippen LogP) is 1.53. The Hall–Kier alpha value is -1.29. The quantitative estimate of drug-likeness (QED) is 0.816. The van der Waals surface area contributed by atoms with Crippen molar-refractivity contribution in [2.24, 2.45) is 0 Å². The molecule has 2 N–H and O–H groups in total. The van der Waals surface area contributed by atoms with Crippen molar-refractivity contribution in [3.05, 3.63) is 23.7 Å². The minimum Gasteiger partial charge on any atom is -0.469 e. The number of fused-ring (bicyclic) bond motifs is 1. The Kier molecular flexibility index (Phi) is 2.89. The van der Waals surface area contributed by atoms with E-state index in [1.165, 1.54) is 5.56 Å². The molecule has 0 aromatic carbocycles. The van der Waals surface area contributed by atoms with Crippen LogP contribution in [-0.4, -0.2) is 18.5 Å². The number of amides is 1. The van der Waals surface area contributed by atoms with E-state index in [4.69, 9.17) is 4.42 Å². The molecule has 0 bridgehead atoms. The maximum absolute atomic E-state index is 12.0. The van der Waals surface area contributed by atoms with Gasteiger partial charge in [-0.15, -0.1) is 0 Å². The van der Waals surface area contributed by atoms with E-state index in [-0.39, 0.29) is 18.0 Å². The van der Waals surface area contributed by atoms with Crippen LogP contribution in [0.15, 0.2) is 16.7 Å². The van der Waals surface area contributed by atoms with Crippen LogP contribution in [0, 0.1) is 0 Å². The fraction of sp³-hybridized carbons (Fsp3) is 0.615. The highest BCUT2D eigenvalue weighted by Gasteiger charge is 2.28. The Morgan fingerprint density at radius 2 is 2.35 bits per heavy atom. The lowest BCUT2D eigenvalue weighted by Crippen LogP contribution is -2.42. The van der Waals surface area contributed by atoms with Crippen molar-refractivity contribution >= 4 is 5.91 Å². The molecule has 1 aliphatic carbocycles. The molecule has 2 aliphatic rings. The molecule has 4 nitrogen and oxygen atoms in total. The van der Waals surface area contributed by atoms with Crippen molar-refractivity contribution in [2.75, 3.05) is 6.54 Å². The summed E-state index contributed by atoms with van der Waals surface area (Å²) in [5.41, 5.74) is 1.17. The molecule has 0 spiro atoms. The zero-order valence-electron chi connectivity index (χ0n) is 9.87. The van der Waals surface area contributed by atoms with Gasteiger partial charge in [0, 0.05) is 12.0 Å². The number of hydrogen-bond acceptors (Lipinski definition) is 3. The Morgan fingerprint density at radius 3 is 3.18 bits per heavy atom. The predicted molar refractivity (Wildman–Crippen MR) is 63.6 cm³/mol. The minimum atomic E-state index is 0.00674. The summed E-state index contributed by atoms with van der Waals surface area (Å²) in [6.45, 7) is 0.958. The van der Waals surface area contributed by atoms with Gasteiger partial charge in [0.25, 0.3) is 0 Å². The van der Waals surface area contributed by atoms with Crippen molar-refractivity contribution in [1.29, 1.82) is 0 Å². The number of nitrogens with one attached hydrogen (secondary N) is 2. The minimum absolute atomic E-state index is 0.00674. The topological polar surface area (TPSA) is 54.3 Å². The first-order chi connectivity index (χ1) is 8.34. The van der Waals surface area contributed by atoms with Crippen molar-refractivity contribution < 1.29 is 9.21 Å². The first-order valence-electron chi connectivity index (χ1n) is 6.44. The second kappa shape index (κ2) is 4.53. The molecule has 17 heavy (non-hydrogen) atoms. The SMILES string of the molecule is O=C(NC1CCCc2occc21)[C@H]1CCCN1. The standard InChI is InChI=1S/C13H18N2O2/c16-13(11-4-2-7-14-11)15-10-3-1-5-12-9(10)6-8-17-12/h6,8,10-11,14H,1-5,7H2,(H,15,16)/t10?,11-/m1/s1. The van der Waals surface area contributed by atoms with E-state index in [0.717, 1.165) is 44.4 Å². The van der Waals surface area contributed by atoms with E-state index >= 15 is 0 Å². The molecule has 92 valence electrons.